The van der Waals surface area contributed by atoms with Crippen molar-refractivity contribution in [1.29, 1.82) is 0 Å². The van der Waals surface area contributed by atoms with Crippen molar-refractivity contribution in [2.24, 2.45) is 0 Å². The van der Waals surface area contributed by atoms with Crippen LogP contribution < -0.4 is 0 Å². The van der Waals surface area contributed by atoms with E-state index in [9.17, 15) is 0 Å². The van der Waals surface area contributed by atoms with Crippen LogP contribution >= 0.6 is 39.7 Å². The molecule has 0 aliphatic heterocycles. The van der Waals surface area contributed by atoms with Gasteiger partial charge >= 0.3 is 0 Å². The molecule has 2 heterocycles. The number of imidazole rings is 1. The Kier molecular flexibility index (Phi) is 2.97. The molecule has 3 rings (SSSR count). The number of halogens is 2. The van der Waals surface area contributed by atoms with Crippen LogP contribution in [0.4, 0.5) is 0 Å². The lowest BCUT2D eigenvalue weighted by Gasteiger charge is -2.05. The van der Waals surface area contributed by atoms with Crippen molar-refractivity contribution in [1.82, 2.24) is 14.5 Å². The highest BCUT2D eigenvalue weighted by Crippen LogP contribution is 2.25. The quantitative estimate of drug-likeness (QED) is 0.662. The Morgan fingerprint density at radius 2 is 2.11 bits per heavy atom. The third-order valence-corrected chi connectivity index (χ3v) is 3.62. The first kappa shape index (κ1) is 11.9. The Morgan fingerprint density at radius 3 is 2.89 bits per heavy atom. The van der Waals surface area contributed by atoms with Gasteiger partial charge in [-0.25, -0.2) is 4.98 Å². The number of H-pyrrole nitrogens is 1. The van der Waals surface area contributed by atoms with E-state index < -0.39 is 0 Å². The molecule has 0 fully saturated rings. The van der Waals surface area contributed by atoms with Gasteiger partial charge in [0.05, 0.1) is 16.2 Å². The fourth-order valence-electron chi connectivity index (χ4n) is 1.83. The van der Waals surface area contributed by atoms with Crippen molar-refractivity contribution >= 4 is 50.9 Å². The minimum absolute atomic E-state index is 0.573. The lowest BCUT2D eigenvalue weighted by molar-refractivity contribution is 1.04. The molecule has 0 saturated carbocycles. The topological polar surface area (TPSA) is 33.6 Å². The molecule has 0 amide bonds. The van der Waals surface area contributed by atoms with E-state index in [2.05, 4.69) is 25.9 Å². The normalized spacial score (nSPS) is 11.0. The zero-order valence-electron chi connectivity index (χ0n) is 9.02. The lowest BCUT2D eigenvalue weighted by atomic mass is 10.3. The first-order valence-electron chi connectivity index (χ1n) is 5.18. The molecule has 0 aliphatic carbocycles. The van der Waals surface area contributed by atoms with E-state index in [0.29, 0.717) is 9.79 Å². The van der Waals surface area contributed by atoms with Gasteiger partial charge in [-0.3, -0.25) is 4.57 Å². The molecule has 6 heteroatoms. The highest BCUT2D eigenvalue weighted by Gasteiger charge is 2.10. The molecular formula is C12H7BrClN3S. The van der Waals surface area contributed by atoms with Gasteiger partial charge in [-0.15, -0.1) is 0 Å². The average Bonchev–Trinajstić information content (AvgIpc) is 2.65. The summed E-state index contributed by atoms with van der Waals surface area (Å²) in [6.45, 7) is 0. The highest BCUT2D eigenvalue weighted by molar-refractivity contribution is 9.10. The highest BCUT2D eigenvalue weighted by atomic mass is 79.9. The van der Waals surface area contributed by atoms with E-state index in [4.69, 9.17) is 23.8 Å². The molecule has 1 N–H and O–H groups in total. The summed E-state index contributed by atoms with van der Waals surface area (Å²) in [6, 6.07) is 9.48. The van der Waals surface area contributed by atoms with E-state index in [-0.39, 0.29) is 0 Å². The first-order valence-corrected chi connectivity index (χ1v) is 6.76. The van der Waals surface area contributed by atoms with E-state index in [1.807, 2.05) is 34.9 Å². The largest absolute Gasteiger partial charge is 0.329 e. The fraction of sp³-hybridized carbons (Fsp3) is 0. The van der Waals surface area contributed by atoms with E-state index in [1.54, 1.807) is 6.20 Å². The molecular weight excluding hydrogens is 334 g/mol. The number of nitrogens with one attached hydrogen (secondary N) is 1. The van der Waals surface area contributed by atoms with Crippen molar-refractivity contribution in [2.45, 2.75) is 0 Å². The van der Waals surface area contributed by atoms with Gasteiger partial charge in [0.25, 0.3) is 0 Å². The van der Waals surface area contributed by atoms with E-state index in [0.717, 1.165) is 21.3 Å². The number of fused-ring (bicyclic) bond motifs is 1. The molecule has 3 nitrogen and oxygen atoms in total. The molecule has 2 aromatic heterocycles. The van der Waals surface area contributed by atoms with Crippen molar-refractivity contribution in [3.8, 4) is 5.69 Å². The van der Waals surface area contributed by atoms with Crippen LogP contribution in [0.5, 0.6) is 0 Å². The number of nitrogens with zero attached hydrogens (tertiary/aromatic N) is 2. The number of pyridine rings is 1. The number of aromatic amines is 1. The Bertz CT molecular complexity index is 793. The monoisotopic (exact) mass is 339 g/mol. The van der Waals surface area contributed by atoms with Gasteiger partial charge in [0.1, 0.15) is 0 Å². The smallest absolute Gasteiger partial charge is 0.184 e. The van der Waals surface area contributed by atoms with Crippen molar-refractivity contribution in [2.75, 3.05) is 0 Å². The molecule has 0 unspecified atom stereocenters. The number of hydrogen-bond acceptors (Lipinski definition) is 2. The van der Waals surface area contributed by atoms with Crippen LogP contribution in [0.1, 0.15) is 0 Å². The summed E-state index contributed by atoms with van der Waals surface area (Å²) in [7, 11) is 0. The number of hydrogen-bond donors (Lipinski definition) is 1. The molecule has 3 aromatic rings. The molecule has 0 atom stereocenters. The Labute approximate surface area is 122 Å². The Hall–Kier alpha value is -1.17. The summed E-state index contributed by atoms with van der Waals surface area (Å²) < 4.78 is 3.31. The number of aromatic nitrogens is 3. The summed E-state index contributed by atoms with van der Waals surface area (Å²) in [4.78, 5) is 7.50. The van der Waals surface area contributed by atoms with Gasteiger partial charge in [0.15, 0.2) is 10.4 Å². The van der Waals surface area contributed by atoms with Gasteiger partial charge in [0, 0.05) is 10.7 Å². The van der Waals surface area contributed by atoms with Gasteiger partial charge in [0.2, 0.25) is 0 Å². The zero-order valence-corrected chi connectivity index (χ0v) is 12.2. The summed E-state index contributed by atoms with van der Waals surface area (Å²) in [5.41, 5.74) is 2.45. The van der Waals surface area contributed by atoms with Gasteiger partial charge in [-0.1, -0.05) is 23.7 Å². The maximum absolute atomic E-state index is 6.20. The molecule has 0 spiro atoms. The molecule has 1 aromatic carbocycles. The first-order chi connectivity index (χ1) is 8.66. The summed E-state index contributed by atoms with van der Waals surface area (Å²) in [6.07, 6.45) is 1.73. The van der Waals surface area contributed by atoms with Crippen LogP contribution in [0.3, 0.4) is 0 Å². The molecule has 0 bridgehead atoms. The van der Waals surface area contributed by atoms with Crippen LogP contribution in [0.25, 0.3) is 16.9 Å². The van der Waals surface area contributed by atoms with Gasteiger partial charge in [-0.2, -0.15) is 0 Å². The maximum atomic E-state index is 6.20. The van der Waals surface area contributed by atoms with Crippen molar-refractivity contribution < 1.29 is 0 Å². The van der Waals surface area contributed by atoms with E-state index in [1.165, 1.54) is 0 Å². The van der Waals surface area contributed by atoms with Gasteiger partial charge in [-0.05, 0) is 46.3 Å². The number of benzene rings is 1. The second kappa shape index (κ2) is 4.50. The summed E-state index contributed by atoms with van der Waals surface area (Å²) >= 11 is 14.9. The maximum Gasteiger partial charge on any atom is 0.184 e. The minimum atomic E-state index is 0.573. The fourth-order valence-corrected chi connectivity index (χ4v) is 2.67. The second-order valence-electron chi connectivity index (χ2n) is 3.74. The third kappa shape index (κ3) is 1.88. The Balaban J connectivity index is 2.40. The van der Waals surface area contributed by atoms with Crippen LogP contribution in [-0.4, -0.2) is 14.5 Å². The number of rotatable bonds is 1. The molecule has 90 valence electrons. The number of para-hydroxylation sites is 1. The summed E-state index contributed by atoms with van der Waals surface area (Å²) in [5.74, 6) is 0. The van der Waals surface area contributed by atoms with Crippen molar-refractivity contribution in [3.63, 3.8) is 0 Å². The standard InChI is InChI=1S/C12H7BrClN3S/c13-7-5-9-11(15-6-7)17(12(18)16-9)10-4-2-1-3-8(10)14/h1-6H,(H,16,18). The molecule has 0 radical (unpaired) electrons. The second-order valence-corrected chi connectivity index (χ2v) is 5.45. The molecule has 18 heavy (non-hydrogen) atoms. The van der Waals surface area contributed by atoms with Crippen LogP contribution in [0, 0.1) is 4.77 Å². The summed E-state index contributed by atoms with van der Waals surface area (Å²) in [5, 5.41) is 0.638. The SMILES string of the molecule is S=c1[nH]c2cc(Br)cnc2n1-c1ccccc1Cl. The van der Waals surface area contributed by atoms with Gasteiger partial charge < -0.3 is 4.98 Å². The third-order valence-electron chi connectivity index (χ3n) is 2.58. The van der Waals surface area contributed by atoms with Crippen molar-refractivity contribution in [3.05, 3.63) is 50.8 Å². The lowest BCUT2D eigenvalue weighted by Crippen LogP contribution is -1.96. The average molecular weight is 341 g/mol. The molecule has 0 saturated heterocycles. The predicted molar refractivity (Wildman–Crippen MR) is 79.0 cm³/mol. The zero-order chi connectivity index (χ0) is 12.7. The van der Waals surface area contributed by atoms with Crippen LogP contribution in [0.2, 0.25) is 5.02 Å². The Morgan fingerprint density at radius 1 is 1.33 bits per heavy atom. The van der Waals surface area contributed by atoms with E-state index >= 15 is 0 Å². The molecule has 0 aliphatic rings. The predicted octanol–water partition coefficient (Wildman–Crippen LogP) is 4.50. The van der Waals surface area contributed by atoms with Crippen LogP contribution in [-0.2, 0) is 0 Å². The van der Waals surface area contributed by atoms with Crippen LogP contribution in [0.15, 0.2) is 41.0 Å². The minimum Gasteiger partial charge on any atom is -0.329 e.